The summed E-state index contributed by atoms with van der Waals surface area (Å²) >= 11 is 6.46. The molecule has 0 aliphatic heterocycles. The summed E-state index contributed by atoms with van der Waals surface area (Å²) in [6, 6.07) is 3.62. The number of methoxy groups -OCH3 is 1. The molecule has 5 nitrogen and oxygen atoms in total. The zero-order valence-electron chi connectivity index (χ0n) is 10.4. The highest BCUT2D eigenvalue weighted by molar-refractivity contribution is 9.13. The van der Waals surface area contributed by atoms with Crippen LogP contribution in [0.4, 0.5) is 0 Å². The number of aromatic nitrogens is 3. The maximum absolute atomic E-state index is 12.0. The van der Waals surface area contributed by atoms with Crippen LogP contribution in [0.5, 0.6) is 5.75 Å². The number of ether oxygens (including phenoxy) is 1. The van der Waals surface area contributed by atoms with Gasteiger partial charge < -0.3 is 4.74 Å². The Morgan fingerprint density at radius 2 is 2.11 bits per heavy atom. The van der Waals surface area contributed by atoms with Crippen molar-refractivity contribution in [1.82, 2.24) is 14.8 Å². The molecule has 0 radical (unpaired) electrons. The van der Waals surface area contributed by atoms with E-state index in [2.05, 4.69) is 41.9 Å². The molecule has 7 heteroatoms. The van der Waals surface area contributed by atoms with E-state index in [0.717, 1.165) is 11.4 Å². The smallest absolute Gasteiger partial charge is 0.282 e. The Morgan fingerprint density at radius 1 is 1.37 bits per heavy atom. The molecule has 0 N–H and O–H groups in total. The van der Waals surface area contributed by atoms with E-state index < -0.39 is 0 Å². The average molecular weight is 389 g/mol. The van der Waals surface area contributed by atoms with Crippen LogP contribution in [0.1, 0.15) is 11.4 Å². The maximum Gasteiger partial charge on any atom is 0.282 e. The van der Waals surface area contributed by atoms with Gasteiger partial charge >= 0.3 is 0 Å². The van der Waals surface area contributed by atoms with Gasteiger partial charge in [0, 0.05) is 17.8 Å². The van der Waals surface area contributed by atoms with Gasteiger partial charge in [-0.2, -0.15) is 5.10 Å². The number of rotatable bonds is 3. The molecule has 2 aromatic rings. The van der Waals surface area contributed by atoms with E-state index in [-0.39, 0.29) is 5.56 Å². The molecule has 2 aromatic heterocycles. The molecular weight excluding hydrogens is 378 g/mol. The van der Waals surface area contributed by atoms with Gasteiger partial charge in [-0.05, 0) is 38.8 Å². The van der Waals surface area contributed by atoms with Crippen molar-refractivity contribution in [1.29, 1.82) is 0 Å². The average Bonchev–Trinajstić information content (AvgIpc) is 2.39. The van der Waals surface area contributed by atoms with Gasteiger partial charge in [0.15, 0.2) is 0 Å². The summed E-state index contributed by atoms with van der Waals surface area (Å²) in [6.45, 7) is 2.17. The van der Waals surface area contributed by atoms with Crippen molar-refractivity contribution in [2.45, 2.75) is 13.5 Å². The molecule has 2 rings (SSSR count). The number of halogens is 2. The van der Waals surface area contributed by atoms with E-state index in [1.807, 2.05) is 13.0 Å². The van der Waals surface area contributed by atoms with Crippen LogP contribution in [0, 0.1) is 6.92 Å². The SMILES string of the molecule is COc1cc(C)nc(Cn2ncc(Br)c(Br)c2=O)c1. The summed E-state index contributed by atoms with van der Waals surface area (Å²) in [4.78, 5) is 16.4. The van der Waals surface area contributed by atoms with E-state index in [0.29, 0.717) is 21.2 Å². The van der Waals surface area contributed by atoms with E-state index in [1.165, 1.54) is 4.68 Å². The number of nitrogens with zero attached hydrogens (tertiary/aromatic N) is 3. The van der Waals surface area contributed by atoms with Crippen LogP contribution >= 0.6 is 31.9 Å². The third-order valence-electron chi connectivity index (χ3n) is 2.47. The zero-order valence-corrected chi connectivity index (χ0v) is 13.5. The third-order valence-corrected chi connectivity index (χ3v) is 4.37. The Kier molecular flexibility index (Phi) is 4.36. The maximum atomic E-state index is 12.0. The Bertz CT molecular complexity index is 671. The molecule has 0 saturated carbocycles. The molecule has 0 amide bonds. The lowest BCUT2D eigenvalue weighted by Crippen LogP contribution is -2.24. The number of aryl methyl sites for hydroxylation is 1. The fourth-order valence-electron chi connectivity index (χ4n) is 1.61. The lowest BCUT2D eigenvalue weighted by atomic mass is 10.3. The molecule has 2 heterocycles. The molecule has 0 fully saturated rings. The van der Waals surface area contributed by atoms with Gasteiger partial charge in [0.05, 0.1) is 30.0 Å². The van der Waals surface area contributed by atoms with Crippen molar-refractivity contribution in [3.05, 3.63) is 49.0 Å². The summed E-state index contributed by atoms with van der Waals surface area (Å²) < 4.78 is 7.60. The number of hydrogen-bond acceptors (Lipinski definition) is 4. The Hall–Kier alpha value is -1.21. The topological polar surface area (TPSA) is 57.0 Å². The summed E-state index contributed by atoms with van der Waals surface area (Å²) in [5, 5.41) is 4.07. The van der Waals surface area contributed by atoms with Crippen LogP contribution in [-0.2, 0) is 6.54 Å². The zero-order chi connectivity index (χ0) is 14.0. The minimum absolute atomic E-state index is 0.211. The van der Waals surface area contributed by atoms with Crippen molar-refractivity contribution in [3.63, 3.8) is 0 Å². The predicted octanol–water partition coefficient (Wildman–Crippen LogP) is 2.53. The third kappa shape index (κ3) is 3.22. The summed E-state index contributed by atoms with van der Waals surface area (Å²) in [5.41, 5.74) is 1.34. The Morgan fingerprint density at radius 3 is 2.79 bits per heavy atom. The van der Waals surface area contributed by atoms with Crippen molar-refractivity contribution >= 4 is 31.9 Å². The lowest BCUT2D eigenvalue weighted by Gasteiger charge is -2.08. The highest BCUT2D eigenvalue weighted by Crippen LogP contribution is 2.17. The highest BCUT2D eigenvalue weighted by atomic mass is 79.9. The largest absolute Gasteiger partial charge is 0.497 e. The van der Waals surface area contributed by atoms with Crippen LogP contribution in [-0.4, -0.2) is 21.9 Å². The fraction of sp³-hybridized carbons (Fsp3) is 0.250. The van der Waals surface area contributed by atoms with Gasteiger partial charge in [0.25, 0.3) is 5.56 Å². The predicted molar refractivity (Wildman–Crippen MR) is 78.5 cm³/mol. The highest BCUT2D eigenvalue weighted by Gasteiger charge is 2.08. The number of hydrogen-bond donors (Lipinski definition) is 0. The molecular formula is C12H11Br2N3O2. The van der Waals surface area contributed by atoms with E-state index in [4.69, 9.17) is 4.74 Å². The molecule has 0 aliphatic carbocycles. The summed E-state index contributed by atoms with van der Waals surface area (Å²) in [7, 11) is 1.60. The molecule has 0 saturated heterocycles. The van der Waals surface area contributed by atoms with Crippen LogP contribution in [0.25, 0.3) is 0 Å². The normalized spacial score (nSPS) is 10.5. The molecule has 0 unspecified atom stereocenters. The standard InChI is InChI=1S/C12H11Br2N3O2/c1-7-3-9(19-2)4-8(16-7)6-17-12(18)11(14)10(13)5-15-17/h3-5H,6H2,1-2H3. The summed E-state index contributed by atoms with van der Waals surface area (Å²) in [5.74, 6) is 0.715. The van der Waals surface area contributed by atoms with Crippen LogP contribution in [0.15, 0.2) is 32.1 Å². The second kappa shape index (κ2) is 5.83. The molecule has 0 spiro atoms. The molecule has 100 valence electrons. The minimum Gasteiger partial charge on any atom is -0.497 e. The Balaban J connectivity index is 2.39. The lowest BCUT2D eigenvalue weighted by molar-refractivity contribution is 0.412. The van der Waals surface area contributed by atoms with Gasteiger partial charge in [-0.15, -0.1) is 0 Å². The minimum atomic E-state index is -0.211. The van der Waals surface area contributed by atoms with Crippen LogP contribution < -0.4 is 10.3 Å². The second-order valence-corrected chi connectivity index (χ2v) is 5.56. The monoisotopic (exact) mass is 387 g/mol. The van der Waals surface area contributed by atoms with Gasteiger partial charge in [0.2, 0.25) is 0 Å². The Labute approximate surface area is 126 Å². The quantitative estimate of drug-likeness (QED) is 0.810. The molecule has 19 heavy (non-hydrogen) atoms. The summed E-state index contributed by atoms with van der Waals surface area (Å²) in [6.07, 6.45) is 1.57. The second-order valence-electron chi connectivity index (χ2n) is 3.91. The van der Waals surface area contributed by atoms with E-state index in [9.17, 15) is 4.79 Å². The van der Waals surface area contributed by atoms with E-state index in [1.54, 1.807) is 19.4 Å². The first-order valence-corrected chi connectivity index (χ1v) is 7.02. The van der Waals surface area contributed by atoms with Crippen molar-refractivity contribution in [3.8, 4) is 5.75 Å². The fourth-order valence-corrected chi connectivity index (χ4v) is 2.18. The first-order chi connectivity index (χ1) is 9.01. The van der Waals surface area contributed by atoms with Crippen molar-refractivity contribution < 1.29 is 4.74 Å². The molecule has 0 bridgehead atoms. The number of pyridine rings is 1. The van der Waals surface area contributed by atoms with Gasteiger partial charge in [-0.25, -0.2) is 4.68 Å². The van der Waals surface area contributed by atoms with Gasteiger partial charge in [0.1, 0.15) is 10.2 Å². The first kappa shape index (κ1) is 14.2. The van der Waals surface area contributed by atoms with Crippen LogP contribution in [0.3, 0.4) is 0 Å². The van der Waals surface area contributed by atoms with Gasteiger partial charge in [-0.1, -0.05) is 0 Å². The van der Waals surface area contributed by atoms with E-state index >= 15 is 0 Å². The van der Waals surface area contributed by atoms with Crippen molar-refractivity contribution in [2.75, 3.05) is 7.11 Å². The van der Waals surface area contributed by atoms with Crippen LogP contribution in [0.2, 0.25) is 0 Å². The first-order valence-electron chi connectivity index (χ1n) is 5.44. The molecule has 0 aromatic carbocycles. The van der Waals surface area contributed by atoms with Gasteiger partial charge in [-0.3, -0.25) is 9.78 Å². The van der Waals surface area contributed by atoms with Crippen molar-refractivity contribution in [2.24, 2.45) is 0 Å². The molecule has 0 atom stereocenters. The molecule has 0 aliphatic rings.